The van der Waals surface area contributed by atoms with Gasteiger partial charge in [0.25, 0.3) is 0 Å². The molecule has 0 radical (unpaired) electrons. The van der Waals surface area contributed by atoms with Gasteiger partial charge in [-0.25, -0.2) is 4.39 Å². The van der Waals surface area contributed by atoms with Crippen molar-refractivity contribution in [2.75, 3.05) is 5.73 Å². The second kappa shape index (κ2) is 4.59. The van der Waals surface area contributed by atoms with Crippen LogP contribution in [-0.2, 0) is 0 Å². The van der Waals surface area contributed by atoms with Gasteiger partial charge in [0.1, 0.15) is 23.2 Å². The Hall–Kier alpha value is -3.00. The third-order valence-electron chi connectivity index (χ3n) is 2.88. The zero-order valence-electron chi connectivity index (χ0n) is 10.3. The summed E-state index contributed by atoms with van der Waals surface area (Å²) < 4.78 is 24.4. The third kappa shape index (κ3) is 1.84. The highest BCUT2D eigenvalue weighted by molar-refractivity contribution is 5.87. The van der Waals surface area contributed by atoms with Crippen LogP contribution in [0.15, 0.2) is 46.9 Å². The fourth-order valence-corrected chi connectivity index (χ4v) is 1.91. The van der Waals surface area contributed by atoms with Crippen molar-refractivity contribution in [3.63, 3.8) is 0 Å². The van der Waals surface area contributed by atoms with Crippen molar-refractivity contribution in [3.05, 3.63) is 54.0 Å². The van der Waals surface area contributed by atoms with Crippen LogP contribution < -0.4 is 10.5 Å². The molecule has 98 valence electrons. The molecule has 2 N–H and O–H groups in total. The van der Waals surface area contributed by atoms with Crippen molar-refractivity contribution in [2.24, 2.45) is 0 Å². The lowest BCUT2D eigenvalue weighted by molar-refractivity contribution is 0.465. The summed E-state index contributed by atoms with van der Waals surface area (Å²) >= 11 is 0. The zero-order valence-corrected chi connectivity index (χ0v) is 10.3. The zero-order chi connectivity index (χ0) is 14.1. The van der Waals surface area contributed by atoms with Gasteiger partial charge in [-0.3, -0.25) is 0 Å². The first kappa shape index (κ1) is 12.1. The van der Waals surface area contributed by atoms with E-state index in [2.05, 4.69) is 0 Å². The highest BCUT2D eigenvalue weighted by atomic mass is 19.1. The highest BCUT2D eigenvalue weighted by Gasteiger charge is 2.17. The fraction of sp³-hybridized carbons (Fsp3) is 0. The van der Waals surface area contributed by atoms with Gasteiger partial charge in [0, 0.05) is 0 Å². The van der Waals surface area contributed by atoms with Crippen LogP contribution in [0, 0.1) is 17.1 Å². The average molecular weight is 268 g/mol. The van der Waals surface area contributed by atoms with Crippen molar-refractivity contribution in [2.45, 2.75) is 0 Å². The molecule has 0 unspecified atom stereocenters. The monoisotopic (exact) mass is 268 g/mol. The summed E-state index contributed by atoms with van der Waals surface area (Å²) in [5.41, 5.74) is 6.03. The number of nitriles is 1. The van der Waals surface area contributed by atoms with E-state index in [1.165, 1.54) is 18.2 Å². The quantitative estimate of drug-likeness (QED) is 0.717. The van der Waals surface area contributed by atoms with E-state index in [9.17, 15) is 4.39 Å². The molecule has 0 saturated carbocycles. The Morgan fingerprint density at radius 3 is 2.75 bits per heavy atom. The molecular formula is C15H9FN2O2. The Labute approximate surface area is 113 Å². The minimum absolute atomic E-state index is 0.0230. The predicted molar refractivity (Wildman–Crippen MR) is 71.8 cm³/mol. The minimum Gasteiger partial charge on any atom is -0.450 e. The van der Waals surface area contributed by atoms with Crippen LogP contribution in [0.2, 0.25) is 0 Å². The number of halogens is 1. The highest BCUT2D eigenvalue weighted by Crippen LogP contribution is 2.38. The topological polar surface area (TPSA) is 72.2 Å². The normalized spacial score (nSPS) is 10.4. The fourth-order valence-electron chi connectivity index (χ4n) is 1.91. The summed E-state index contributed by atoms with van der Waals surface area (Å²) in [7, 11) is 0. The van der Waals surface area contributed by atoms with Gasteiger partial charge in [0.2, 0.25) is 5.76 Å². The van der Waals surface area contributed by atoms with E-state index in [1.807, 2.05) is 6.07 Å². The molecule has 0 spiro atoms. The number of hydrogen-bond acceptors (Lipinski definition) is 4. The molecule has 0 bridgehead atoms. The molecule has 1 aromatic heterocycles. The molecular weight excluding hydrogens is 259 g/mol. The lowest BCUT2D eigenvalue weighted by Gasteiger charge is -2.07. The molecule has 0 aliphatic carbocycles. The smallest absolute Gasteiger partial charge is 0.247 e. The molecule has 2 aromatic carbocycles. The van der Waals surface area contributed by atoms with E-state index in [-0.39, 0.29) is 22.9 Å². The van der Waals surface area contributed by atoms with Gasteiger partial charge < -0.3 is 14.9 Å². The van der Waals surface area contributed by atoms with Crippen LogP contribution in [0.1, 0.15) is 5.76 Å². The van der Waals surface area contributed by atoms with Gasteiger partial charge in [-0.05, 0) is 24.3 Å². The summed E-state index contributed by atoms with van der Waals surface area (Å²) in [6.07, 6.45) is 0. The van der Waals surface area contributed by atoms with Gasteiger partial charge in [-0.1, -0.05) is 18.2 Å². The predicted octanol–water partition coefficient (Wildman–Crippen LogP) is 3.82. The first-order valence-corrected chi connectivity index (χ1v) is 5.84. The number of nitrogens with zero attached hydrogens (tertiary/aromatic N) is 1. The molecule has 0 amide bonds. The van der Waals surface area contributed by atoms with Crippen LogP contribution in [0.5, 0.6) is 11.5 Å². The van der Waals surface area contributed by atoms with E-state index in [4.69, 9.17) is 20.1 Å². The van der Waals surface area contributed by atoms with Crippen molar-refractivity contribution < 1.29 is 13.5 Å². The van der Waals surface area contributed by atoms with Gasteiger partial charge in [-0.2, -0.15) is 5.26 Å². The lowest BCUT2D eigenvalue weighted by atomic mass is 10.2. The molecule has 3 rings (SSSR count). The number of nitrogen functional groups attached to an aromatic ring is 1. The number of para-hydroxylation sites is 2. The molecule has 0 aliphatic heterocycles. The molecule has 5 heteroatoms. The Balaban J connectivity index is 2.15. The summed E-state index contributed by atoms with van der Waals surface area (Å²) in [4.78, 5) is 0. The number of ether oxygens (including phenoxy) is 1. The van der Waals surface area contributed by atoms with Crippen LogP contribution in [-0.4, -0.2) is 0 Å². The Kier molecular flexibility index (Phi) is 2.77. The van der Waals surface area contributed by atoms with Gasteiger partial charge >= 0.3 is 0 Å². The Morgan fingerprint density at radius 1 is 1.15 bits per heavy atom. The summed E-state index contributed by atoms with van der Waals surface area (Å²) in [5.74, 6) is -0.169. The summed E-state index contributed by atoms with van der Waals surface area (Å²) in [6, 6.07) is 13.2. The number of benzene rings is 2. The molecule has 0 aliphatic rings. The van der Waals surface area contributed by atoms with E-state index in [0.29, 0.717) is 11.0 Å². The van der Waals surface area contributed by atoms with Gasteiger partial charge in [0.05, 0.1) is 5.39 Å². The van der Waals surface area contributed by atoms with Gasteiger partial charge in [0.15, 0.2) is 11.5 Å². The van der Waals surface area contributed by atoms with Crippen LogP contribution >= 0.6 is 0 Å². The Morgan fingerprint density at radius 2 is 1.95 bits per heavy atom. The van der Waals surface area contributed by atoms with E-state index < -0.39 is 5.82 Å². The number of fused-ring (bicyclic) bond motifs is 1. The van der Waals surface area contributed by atoms with Crippen LogP contribution in [0.3, 0.4) is 0 Å². The lowest BCUT2D eigenvalue weighted by Crippen LogP contribution is -1.95. The summed E-state index contributed by atoms with van der Waals surface area (Å²) in [5, 5.41) is 9.72. The van der Waals surface area contributed by atoms with Crippen molar-refractivity contribution in [3.8, 4) is 17.6 Å². The number of rotatable bonds is 2. The molecule has 0 fully saturated rings. The maximum atomic E-state index is 13.4. The summed E-state index contributed by atoms with van der Waals surface area (Å²) in [6.45, 7) is 0. The van der Waals surface area contributed by atoms with Crippen molar-refractivity contribution >= 4 is 16.7 Å². The average Bonchev–Trinajstić information content (AvgIpc) is 2.82. The van der Waals surface area contributed by atoms with Gasteiger partial charge in [-0.15, -0.1) is 0 Å². The molecule has 0 saturated heterocycles. The standard InChI is InChI=1S/C15H9FN2O2/c16-10-5-3-7-12(14(10)18)20-15-9-4-1-2-6-11(9)19-13(15)8-17/h1-7H,18H2. The minimum atomic E-state index is -0.575. The van der Waals surface area contributed by atoms with E-state index in [0.717, 1.165) is 0 Å². The van der Waals surface area contributed by atoms with Crippen molar-refractivity contribution in [1.29, 1.82) is 5.26 Å². The van der Waals surface area contributed by atoms with E-state index >= 15 is 0 Å². The molecule has 20 heavy (non-hydrogen) atoms. The van der Waals surface area contributed by atoms with E-state index in [1.54, 1.807) is 24.3 Å². The molecule has 4 nitrogen and oxygen atoms in total. The first-order valence-electron chi connectivity index (χ1n) is 5.84. The molecule has 3 aromatic rings. The first-order chi connectivity index (χ1) is 9.70. The van der Waals surface area contributed by atoms with Crippen LogP contribution in [0.25, 0.3) is 11.0 Å². The van der Waals surface area contributed by atoms with Crippen LogP contribution in [0.4, 0.5) is 10.1 Å². The SMILES string of the molecule is N#Cc1oc2ccccc2c1Oc1cccc(F)c1N. The third-order valence-corrected chi connectivity index (χ3v) is 2.88. The largest absolute Gasteiger partial charge is 0.450 e. The molecule has 0 atom stereocenters. The second-order valence-corrected chi connectivity index (χ2v) is 4.12. The number of nitrogens with two attached hydrogens (primary N) is 1. The number of hydrogen-bond donors (Lipinski definition) is 1. The maximum absolute atomic E-state index is 13.4. The number of furan rings is 1. The maximum Gasteiger partial charge on any atom is 0.247 e. The number of anilines is 1. The second-order valence-electron chi connectivity index (χ2n) is 4.12. The van der Waals surface area contributed by atoms with Crippen molar-refractivity contribution in [1.82, 2.24) is 0 Å². The Bertz CT molecular complexity index is 833. The molecule has 1 heterocycles.